The van der Waals surface area contributed by atoms with Crippen molar-refractivity contribution in [2.45, 2.75) is 25.4 Å². The van der Waals surface area contributed by atoms with Crippen LogP contribution in [0.1, 0.15) is 19.3 Å². The number of carbonyl (C=O) groups is 2. The predicted octanol–water partition coefficient (Wildman–Crippen LogP) is 1.51. The van der Waals surface area contributed by atoms with Crippen LogP contribution in [0.5, 0.6) is 0 Å². The molecule has 18 heavy (non-hydrogen) atoms. The first-order chi connectivity index (χ1) is 8.30. The van der Waals surface area contributed by atoms with Crippen LogP contribution < -0.4 is 0 Å². The smallest absolute Gasteiger partial charge is 0.471 e. The lowest BCUT2D eigenvalue weighted by Crippen LogP contribution is -2.46. The van der Waals surface area contributed by atoms with Gasteiger partial charge in [-0.05, 0) is 31.1 Å². The van der Waals surface area contributed by atoms with Gasteiger partial charge in [-0.15, -0.1) is 0 Å². The number of rotatable bonds is 2. The van der Waals surface area contributed by atoms with Gasteiger partial charge in [0, 0.05) is 13.1 Å². The zero-order valence-electron chi connectivity index (χ0n) is 9.61. The number of aliphatic carboxylic acids is 1. The Kier molecular flexibility index (Phi) is 3.25. The van der Waals surface area contributed by atoms with Gasteiger partial charge in [0.2, 0.25) is 0 Å². The van der Waals surface area contributed by atoms with E-state index in [1.807, 2.05) is 0 Å². The fourth-order valence-electron chi connectivity index (χ4n) is 2.74. The lowest BCUT2D eigenvalue weighted by molar-refractivity contribution is -0.187. The molecule has 1 saturated heterocycles. The maximum atomic E-state index is 12.3. The average Bonchev–Trinajstić information content (AvgIpc) is 3.07. The second-order valence-electron chi connectivity index (χ2n) is 5.00. The molecule has 3 unspecified atom stereocenters. The molecular weight excluding hydrogens is 251 g/mol. The summed E-state index contributed by atoms with van der Waals surface area (Å²) in [6.07, 6.45) is -3.10. The van der Waals surface area contributed by atoms with Crippen LogP contribution in [0.15, 0.2) is 0 Å². The summed E-state index contributed by atoms with van der Waals surface area (Å²) in [7, 11) is 0. The summed E-state index contributed by atoms with van der Waals surface area (Å²) >= 11 is 0. The molecule has 1 aliphatic carbocycles. The van der Waals surface area contributed by atoms with E-state index in [1.165, 1.54) is 0 Å². The van der Waals surface area contributed by atoms with Gasteiger partial charge < -0.3 is 10.0 Å². The molecule has 7 heteroatoms. The van der Waals surface area contributed by atoms with Crippen LogP contribution in [0, 0.1) is 17.8 Å². The van der Waals surface area contributed by atoms with Crippen LogP contribution in [0.4, 0.5) is 13.2 Å². The molecule has 0 aromatic carbocycles. The molecule has 0 radical (unpaired) electrons. The normalized spacial score (nSPS) is 32.2. The number of hydrogen-bond acceptors (Lipinski definition) is 2. The lowest BCUT2D eigenvalue weighted by atomic mass is 9.92. The van der Waals surface area contributed by atoms with Crippen LogP contribution in [0.3, 0.4) is 0 Å². The number of halogens is 3. The average molecular weight is 265 g/mol. The SMILES string of the molecule is O=C(O)C1CC1C1CCCN(C(=O)C(F)(F)F)C1. The summed E-state index contributed by atoms with van der Waals surface area (Å²) in [5, 5.41) is 8.80. The quantitative estimate of drug-likeness (QED) is 0.823. The van der Waals surface area contributed by atoms with Crippen LogP contribution in [-0.2, 0) is 9.59 Å². The van der Waals surface area contributed by atoms with E-state index in [-0.39, 0.29) is 24.9 Å². The molecule has 0 aromatic heterocycles. The number of nitrogens with zero attached hydrogens (tertiary/aromatic N) is 1. The third kappa shape index (κ3) is 2.59. The van der Waals surface area contributed by atoms with E-state index in [0.29, 0.717) is 19.3 Å². The Hall–Kier alpha value is -1.27. The van der Waals surface area contributed by atoms with Crippen molar-refractivity contribution >= 4 is 11.9 Å². The van der Waals surface area contributed by atoms with Crippen molar-refractivity contribution in [1.29, 1.82) is 0 Å². The molecule has 102 valence electrons. The van der Waals surface area contributed by atoms with Crippen molar-refractivity contribution in [2.75, 3.05) is 13.1 Å². The van der Waals surface area contributed by atoms with Gasteiger partial charge in [0.05, 0.1) is 5.92 Å². The summed E-state index contributed by atoms with van der Waals surface area (Å²) in [5.41, 5.74) is 0. The van der Waals surface area contributed by atoms with Crippen LogP contribution in [0.2, 0.25) is 0 Å². The highest BCUT2D eigenvalue weighted by atomic mass is 19.4. The van der Waals surface area contributed by atoms with Gasteiger partial charge in [0.15, 0.2) is 0 Å². The fourth-order valence-corrected chi connectivity index (χ4v) is 2.74. The second-order valence-corrected chi connectivity index (χ2v) is 5.00. The molecule has 2 fully saturated rings. The molecular formula is C11H14F3NO3. The molecule has 1 heterocycles. The lowest BCUT2D eigenvalue weighted by Gasteiger charge is -2.33. The van der Waals surface area contributed by atoms with Crippen molar-refractivity contribution in [2.24, 2.45) is 17.8 Å². The first kappa shape index (κ1) is 13.2. The van der Waals surface area contributed by atoms with E-state index < -0.39 is 24.0 Å². The third-order valence-corrected chi connectivity index (χ3v) is 3.75. The number of carbonyl (C=O) groups excluding carboxylic acids is 1. The minimum atomic E-state index is -4.84. The van der Waals surface area contributed by atoms with Gasteiger partial charge in [-0.25, -0.2) is 0 Å². The Morgan fingerprint density at radius 2 is 1.94 bits per heavy atom. The summed E-state index contributed by atoms with van der Waals surface area (Å²) in [5.74, 6) is -3.30. The maximum Gasteiger partial charge on any atom is 0.471 e. The van der Waals surface area contributed by atoms with E-state index >= 15 is 0 Å². The summed E-state index contributed by atoms with van der Waals surface area (Å²) in [6, 6.07) is 0. The topological polar surface area (TPSA) is 57.6 Å². The molecule has 1 saturated carbocycles. The van der Waals surface area contributed by atoms with Crippen molar-refractivity contribution < 1.29 is 27.9 Å². The largest absolute Gasteiger partial charge is 0.481 e. The van der Waals surface area contributed by atoms with Crippen molar-refractivity contribution in [1.82, 2.24) is 4.90 Å². The molecule has 4 nitrogen and oxygen atoms in total. The zero-order chi connectivity index (χ0) is 13.5. The number of piperidine rings is 1. The number of amides is 1. The number of alkyl halides is 3. The van der Waals surface area contributed by atoms with E-state index in [9.17, 15) is 22.8 Å². The van der Waals surface area contributed by atoms with Gasteiger partial charge in [-0.2, -0.15) is 13.2 Å². The molecule has 0 spiro atoms. The highest BCUT2D eigenvalue weighted by Gasteiger charge is 2.50. The number of hydrogen-bond donors (Lipinski definition) is 1. The Morgan fingerprint density at radius 1 is 1.28 bits per heavy atom. The standard InChI is InChI=1S/C11H14F3NO3/c12-11(13,14)10(18)15-3-1-2-6(5-15)7-4-8(7)9(16)17/h6-8H,1-5H2,(H,16,17). The molecule has 2 aliphatic rings. The molecule has 0 bridgehead atoms. The molecule has 1 aliphatic heterocycles. The van der Waals surface area contributed by atoms with Crippen molar-refractivity contribution in [3.63, 3.8) is 0 Å². The van der Waals surface area contributed by atoms with Gasteiger partial charge in [-0.1, -0.05) is 0 Å². The van der Waals surface area contributed by atoms with Gasteiger partial charge >= 0.3 is 18.1 Å². The maximum absolute atomic E-state index is 12.3. The first-order valence-electron chi connectivity index (χ1n) is 5.89. The minimum Gasteiger partial charge on any atom is -0.481 e. The minimum absolute atomic E-state index is 0.0345. The Bertz CT molecular complexity index is 369. The monoisotopic (exact) mass is 265 g/mol. The number of carboxylic acid groups (broad SMARTS) is 1. The molecule has 2 rings (SSSR count). The number of likely N-dealkylation sites (tertiary alicyclic amines) is 1. The Morgan fingerprint density at radius 3 is 2.44 bits per heavy atom. The number of carboxylic acids is 1. The van der Waals surface area contributed by atoms with Gasteiger partial charge in [-0.3, -0.25) is 9.59 Å². The van der Waals surface area contributed by atoms with Crippen LogP contribution >= 0.6 is 0 Å². The fraction of sp³-hybridized carbons (Fsp3) is 0.818. The van der Waals surface area contributed by atoms with Gasteiger partial charge in [0.25, 0.3) is 0 Å². The van der Waals surface area contributed by atoms with Crippen molar-refractivity contribution in [3.05, 3.63) is 0 Å². The van der Waals surface area contributed by atoms with E-state index in [2.05, 4.69) is 0 Å². The van der Waals surface area contributed by atoms with Crippen LogP contribution in [-0.4, -0.2) is 41.1 Å². The highest BCUT2D eigenvalue weighted by molar-refractivity contribution is 5.82. The Labute approximate surface area is 102 Å². The molecule has 0 aromatic rings. The van der Waals surface area contributed by atoms with E-state index in [0.717, 1.165) is 4.90 Å². The van der Waals surface area contributed by atoms with Crippen LogP contribution in [0.25, 0.3) is 0 Å². The highest BCUT2D eigenvalue weighted by Crippen LogP contribution is 2.47. The molecule has 3 atom stereocenters. The summed E-state index contributed by atoms with van der Waals surface area (Å²) < 4.78 is 36.9. The van der Waals surface area contributed by atoms with E-state index in [1.54, 1.807) is 0 Å². The Balaban J connectivity index is 1.94. The van der Waals surface area contributed by atoms with Crippen molar-refractivity contribution in [3.8, 4) is 0 Å². The zero-order valence-corrected chi connectivity index (χ0v) is 9.61. The summed E-state index contributed by atoms with van der Waals surface area (Å²) in [6.45, 7) is 0.145. The summed E-state index contributed by atoms with van der Waals surface area (Å²) in [4.78, 5) is 22.6. The predicted molar refractivity (Wildman–Crippen MR) is 54.6 cm³/mol. The van der Waals surface area contributed by atoms with Gasteiger partial charge in [0.1, 0.15) is 0 Å². The first-order valence-corrected chi connectivity index (χ1v) is 5.89. The molecule has 1 N–H and O–H groups in total. The van der Waals surface area contributed by atoms with E-state index in [4.69, 9.17) is 5.11 Å². The third-order valence-electron chi connectivity index (χ3n) is 3.75. The molecule has 1 amide bonds. The second kappa shape index (κ2) is 4.44.